The van der Waals surface area contributed by atoms with Crippen LogP contribution in [-0.4, -0.2) is 43.1 Å². The van der Waals surface area contributed by atoms with Gasteiger partial charge in [0, 0.05) is 23.6 Å². The zero-order chi connectivity index (χ0) is 26.2. The number of rotatable bonds is 6. The molecule has 10 nitrogen and oxygen atoms in total. The van der Waals surface area contributed by atoms with Crippen molar-refractivity contribution >= 4 is 57.5 Å². The molecule has 0 spiro atoms. The monoisotopic (exact) mass is 546 g/mol. The van der Waals surface area contributed by atoms with Gasteiger partial charge in [0.15, 0.2) is 5.17 Å². The number of carbonyl (C=O) groups excluding carboxylic acids is 2. The van der Waals surface area contributed by atoms with E-state index in [-0.39, 0.29) is 30.3 Å². The Kier molecular flexibility index (Phi) is 6.30. The number of aromatic nitrogens is 2. The maximum absolute atomic E-state index is 13.4. The van der Waals surface area contributed by atoms with Gasteiger partial charge in [-0.05, 0) is 36.4 Å². The molecule has 0 radical (unpaired) electrons. The molecule has 1 unspecified atom stereocenters. The number of carbonyl (C=O) groups is 2. The first-order valence-electron chi connectivity index (χ1n) is 11.7. The third kappa shape index (κ3) is 4.61. The van der Waals surface area contributed by atoms with E-state index < -0.39 is 6.04 Å². The number of furan rings is 1. The number of nitrogens with one attached hydrogen (secondary N) is 1. The molecule has 1 atom stereocenters. The third-order valence-electron chi connectivity index (χ3n) is 5.99. The summed E-state index contributed by atoms with van der Waals surface area (Å²) in [4.78, 5) is 53.9. The van der Waals surface area contributed by atoms with Crippen molar-refractivity contribution in [1.82, 2.24) is 19.6 Å². The summed E-state index contributed by atoms with van der Waals surface area (Å²) in [6.07, 6.45) is 2.94. The highest BCUT2D eigenvalue weighted by Gasteiger charge is 2.42. The van der Waals surface area contributed by atoms with E-state index in [1.807, 2.05) is 24.3 Å². The van der Waals surface area contributed by atoms with Crippen molar-refractivity contribution in [1.29, 1.82) is 0 Å². The van der Waals surface area contributed by atoms with Gasteiger partial charge in [-0.1, -0.05) is 35.5 Å². The minimum atomic E-state index is -0.883. The van der Waals surface area contributed by atoms with Crippen LogP contribution in [0.5, 0.6) is 0 Å². The van der Waals surface area contributed by atoms with Gasteiger partial charge < -0.3 is 9.73 Å². The van der Waals surface area contributed by atoms with E-state index in [9.17, 15) is 14.4 Å². The lowest BCUT2D eigenvalue weighted by atomic mass is 10.1. The lowest BCUT2D eigenvalue weighted by molar-refractivity contribution is -0.128. The smallest absolute Gasteiger partial charge is 0.259 e. The van der Waals surface area contributed by atoms with Crippen LogP contribution in [0.1, 0.15) is 23.4 Å². The van der Waals surface area contributed by atoms with Gasteiger partial charge in [0.2, 0.25) is 5.91 Å². The van der Waals surface area contributed by atoms with E-state index >= 15 is 0 Å². The maximum Gasteiger partial charge on any atom is 0.259 e. The van der Waals surface area contributed by atoms with Crippen LogP contribution in [0.4, 0.5) is 5.69 Å². The number of thioether (sulfide) groups is 1. The fourth-order valence-electron chi connectivity index (χ4n) is 4.22. The van der Waals surface area contributed by atoms with Crippen LogP contribution in [0.3, 0.4) is 0 Å². The van der Waals surface area contributed by atoms with E-state index in [2.05, 4.69) is 15.3 Å². The molecular formula is C26H19ClN6O4S. The molecule has 1 aromatic carbocycles. The molecule has 0 bridgehead atoms. The highest BCUT2D eigenvalue weighted by molar-refractivity contribution is 8.13. The molecule has 4 aromatic rings. The largest absolute Gasteiger partial charge is 0.467 e. The molecule has 2 aliphatic heterocycles. The number of nitrogens with zero attached hydrogens (tertiary/aromatic N) is 5. The zero-order valence-corrected chi connectivity index (χ0v) is 21.3. The molecule has 0 fully saturated rings. The standard InChI is InChI=1S/C26H19ClN6O4S/c27-15-7-8-21-29-16(10-23(35)32(21)13-15)14-38-26-31-19-6-2-1-5-18(19)24-30-20(25(36)33(24)26)11-22(34)28-12-17-4-3-9-37-17/h1-10,13,20H,11-12,14H2,(H,28,34). The number of aliphatic imine (C=N–C) groups is 2. The number of benzene rings is 1. The lowest BCUT2D eigenvalue weighted by Crippen LogP contribution is -2.42. The van der Waals surface area contributed by atoms with Crippen molar-refractivity contribution in [3.05, 3.63) is 99.5 Å². The molecule has 0 saturated heterocycles. The second-order valence-electron chi connectivity index (χ2n) is 8.56. The van der Waals surface area contributed by atoms with Gasteiger partial charge in [-0.15, -0.1) is 0 Å². The van der Waals surface area contributed by atoms with Gasteiger partial charge in [0.25, 0.3) is 11.5 Å². The van der Waals surface area contributed by atoms with Crippen molar-refractivity contribution in [2.45, 2.75) is 24.8 Å². The highest BCUT2D eigenvalue weighted by atomic mass is 35.5. The number of para-hydroxylation sites is 1. The van der Waals surface area contributed by atoms with Crippen molar-refractivity contribution < 1.29 is 14.0 Å². The Balaban J connectivity index is 1.23. The average Bonchev–Trinajstić information content (AvgIpc) is 3.55. The molecule has 3 aromatic heterocycles. The Morgan fingerprint density at radius 2 is 2.00 bits per heavy atom. The molecule has 6 rings (SSSR count). The van der Waals surface area contributed by atoms with E-state index in [0.717, 1.165) is 0 Å². The topological polar surface area (TPSA) is 122 Å². The fourth-order valence-corrected chi connectivity index (χ4v) is 5.27. The van der Waals surface area contributed by atoms with Crippen molar-refractivity contribution in [2.24, 2.45) is 9.98 Å². The van der Waals surface area contributed by atoms with E-state index in [1.165, 1.54) is 39.6 Å². The second-order valence-corrected chi connectivity index (χ2v) is 9.94. The zero-order valence-electron chi connectivity index (χ0n) is 19.7. The Morgan fingerprint density at radius 1 is 1.13 bits per heavy atom. The van der Waals surface area contributed by atoms with Gasteiger partial charge in [0.05, 0.1) is 35.6 Å². The number of amidine groups is 2. The van der Waals surface area contributed by atoms with Crippen LogP contribution < -0.4 is 10.9 Å². The Morgan fingerprint density at radius 3 is 2.84 bits per heavy atom. The normalized spacial score (nSPS) is 16.2. The molecule has 5 heterocycles. The summed E-state index contributed by atoms with van der Waals surface area (Å²) < 4.78 is 6.61. The first-order chi connectivity index (χ1) is 18.5. The van der Waals surface area contributed by atoms with Gasteiger partial charge in [-0.25, -0.2) is 14.9 Å². The number of fused-ring (bicyclic) bond motifs is 4. The molecule has 0 aliphatic carbocycles. The fraction of sp³-hybridized carbons (Fsp3) is 0.154. The third-order valence-corrected chi connectivity index (χ3v) is 7.19. The van der Waals surface area contributed by atoms with Crippen molar-refractivity contribution in [3.8, 4) is 0 Å². The van der Waals surface area contributed by atoms with Gasteiger partial charge in [-0.2, -0.15) is 0 Å². The Bertz CT molecular complexity index is 1700. The predicted octanol–water partition coefficient (Wildman–Crippen LogP) is 3.54. The second kappa shape index (κ2) is 9.92. The summed E-state index contributed by atoms with van der Waals surface area (Å²) in [7, 11) is 0. The average molecular weight is 547 g/mol. The molecule has 38 heavy (non-hydrogen) atoms. The molecule has 12 heteroatoms. The highest BCUT2D eigenvalue weighted by Crippen LogP contribution is 2.34. The van der Waals surface area contributed by atoms with Crippen LogP contribution >= 0.6 is 23.4 Å². The first-order valence-corrected chi connectivity index (χ1v) is 13.0. The van der Waals surface area contributed by atoms with E-state index in [4.69, 9.17) is 21.0 Å². The van der Waals surface area contributed by atoms with Gasteiger partial charge in [0.1, 0.15) is 23.3 Å². The summed E-state index contributed by atoms with van der Waals surface area (Å²) in [5, 5.41) is 3.60. The predicted molar refractivity (Wildman–Crippen MR) is 144 cm³/mol. The first kappa shape index (κ1) is 24.1. The summed E-state index contributed by atoms with van der Waals surface area (Å²) in [6.45, 7) is 0.226. The number of hydrogen-bond donors (Lipinski definition) is 1. The Hall–Kier alpha value is -4.22. The SMILES string of the molecule is O=C(CC1N=C2c3ccccc3N=C(SCc3cc(=O)n4cc(Cl)ccc4n3)N2C1=O)NCc1ccco1. The van der Waals surface area contributed by atoms with Crippen LogP contribution in [0.15, 0.2) is 86.3 Å². The number of hydrogen-bond acceptors (Lipinski definition) is 8. The van der Waals surface area contributed by atoms with Gasteiger partial charge >= 0.3 is 0 Å². The van der Waals surface area contributed by atoms with Crippen LogP contribution in [0.2, 0.25) is 5.02 Å². The summed E-state index contributed by atoms with van der Waals surface area (Å²) in [5.41, 5.74) is 2.12. The van der Waals surface area contributed by atoms with Crippen LogP contribution in [-0.2, 0) is 21.9 Å². The molecule has 190 valence electrons. The molecule has 0 saturated carbocycles. The van der Waals surface area contributed by atoms with Crippen LogP contribution in [0, 0.1) is 0 Å². The quantitative estimate of drug-likeness (QED) is 0.395. The van der Waals surface area contributed by atoms with Crippen molar-refractivity contribution in [2.75, 3.05) is 0 Å². The van der Waals surface area contributed by atoms with Crippen molar-refractivity contribution in [3.63, 3.8) is 0 Å². The summed E-state index contributed by atoms with van der Waals surface area (Å²) in [6, 6.07) is 14.8. The van der Waals surface area contributed by atoms with Gasteiger partial charge in [-0.3, -0.25) is 23.8 Å². The molecular weight excluding hydrogens is 528 g/mol. The number of halogens is 1. The molecule has 1 N–H and O–H groups in total. The van der Waals surface area contributed by atoms with E-state index in [0.29, 0.717) is 50.1 Å². The minimum Gasteiger partial charge on any atom is -0.467 e. The minimum absolute atomic E-state index is 0.106. The van der Waals surface area contributed by atoms with E-state index in [1.54, 1.807) is 24.3 Å². The maximum atomic E-state index is 13.4. The van der Waals surface area contributed by atoms with Crippen LogP contribution in [0.25, 0.3) is 5.65 Å². The number of pyridine rings is 1. The molecule has 2 amide bonds. The summed E-state index contributed by atoms with van der Waals surface area (Å²) >= 11 is 7.27. The number of amides is 2. The lowest BCUT2D eigenvalue weighted by Gasteiger charge is -2.25. The Labute approximate surface area is 225 Å². The molecule has 2 aliphatic rings. The summed E-state index contributed by atoms with van der Waals surface area (Å²) in [5.74, 6) is 0.706.